The molecule has 0 bridgehead atoms. The Morgan fingerprint density at radius 3 is 2.53 bits per heavy atom. The van der Waals surface area contributed by atoms with Crippen molar-refractivity contribution >= 4 is 27.5 Å². The van der Waals surface area contributed by atoms with Crippen molar-refractivity contribution in [1.29, 1.82) is 0 Å². The number of aryl methyl sites for hydroxylation is 1. The lowest BCUT2D eigenvalue weighted by Gasteiger charge is -2.16. The summed E-state index contributed by atoms with van der Waals surface area (Å²) in [5.41, 5.74) is 3.58. The van der Waals surface area contributed by atoms with Gasteiger partial charge in [-0.2, -0.15) is 0 Å². The fourth-order valence-electron chi connectivity index (χ4n) is 1.88. The van der Waals surface area contributed by atoms with E-state index in [-0.39, 0.29) is 6.10 Å². The molecule has 0 aliphatic heterocycles. The third-order valence-electron chi connectivity index (χ3n) is 2.92. The second-order valence-electron chi connectivity index (χ2n) is 4.49. The van der Waals surface area contributed by atoms with Crippen LogP contribution in [-0.4, -0.2) is 5.33 Å². The van der Waals surface area contributed by atoms with Gasteiger partial charge in [0.2, 0.25) is 0 Å². The van der Waals surface area contributed by atoms with Gasteiger partial charge in [0.1, 0.15) is 0 Å². The first kappa shape index (κ1) is 14.6. The van der Waals surface area contributed by atoms with Gasteiger partial charge >= 0.3 is 0 Å². The summed E-state index contributed by atoms with van der Waals surface area (Å²) in [6.45, 7) is 2.68. The van der Waals surface area contributed by atoms with Crippen LogP contribution in [0.4, 0.5) is 0 Å². The van der Waals surface area contributed by atoms with Crippen LogP contribution in [0.15, 0.2) is 48.5 Å². The third kappa shape index (κ3) is 4.34. The second kappa shape index (κ2) is 7.09. The zero-order chi connectivity index (χ0) is 13.7. The number of alkyl halides is 1. The van der Waals surface area contributed by atoms with E-state index in [0.29, 0.717) is 6.61 Å². The molecule has 2 rings (SSSR count). The molecule has 0 heterocycles. The zero-order valence-electron chi connectivity index (χ0n) is 10.8. The third-order valence-corrected chi connectivity index (χ3v) is 3.76. The van der Waals surface area contributed by atoms with Crippen molar-refractivity contribution < 1.29 is 4.74 Å². The molecule has 0 fully saturated rings. The molecule has 0 aliphatic carbocycles. The molecule has 0 aromatic heterocycles. The molecule has 0 spiro atoms. The molecular weight excluding hydrogens is 324 g/mol. The number of benzene rings is 2. The summed E-state index contributed by atoms with van der Waals surface area (Å²) in [6.07, 6.45) is 0.0654. The monoisotopic (exact) mass is 338 g/mol. The zero-order valence-corrected chi connectivity index (χ0v) is 13.1. The van der Waals surface area contributed by atoms with Crippen LogP contribution in [0.2, 0.25) is 5.02 Å². The van der Waals surface area contributed by atoms with E-state index in [1.54, 1.807) is 0 Å². The van der Waals surface area contributed by atoms with Crippen LogP contribution < -0.4 is 0 Å². The van der Waals surface area contributed by atoms with Crippen LogP contribution >= 0.6 is 27.5 Å². The fourth-order valence-corrected chi connectivity index (χ4v) is 2.56. The molecule has 1 atom stereocenters. The van der Waals surface area contributed by atoms with Crippen molar-refractivity contribution in [2.75, 3.05) is 5.33 Å². The molecule has 0 radical (unpaired) electrons. The van der Waals surface area contributed by atoms with E-state index in [2.05, 4.69) is 47.1 Å². The molecule has 2 aromatic carbocycles. The summed E-state index contributed by atoms with van der Waals surface area (Å²) in [7, 11) is 0. The molecule has 1 unspecified atom stereocenters. The Morgan fingerprint density at radius 1 is 1.16 bits per heavy atom. The van der Waals surface area contributed by atoms with Gasteiger partial charge in [-0.25, -0.2) is 0 Å². The summed E-state index contributed by atoms with van der Waals surface area (Å²) >= 11 is 9.38. The standard InChI is InChI=1S/C16H16BrClO/c1-12-3-2-4-14(9-12)16(10-17)19-11-13-5-7-15(18)8-6-13/h2-9,16H,10-11H2,1H3. The number of halogens is 2. The molecule has 1 nitrogen and oxygen atoms in total. The molecule has 0 N–H and O–H groups in total. The number of ether oxygens (including phenoxy) is 1. The Bertz CT molecular complexity index is 525. The van der Waals surface area contributed by atoms with Gasteiger partial charge in [-0.05, 0) is 30.2 Å². The highest BCUT2D eigenvalue weighted by molar-refractivity contribution is 9.09. The first-order chi connectivity index (χ1) is 9.19. The van der Waals surface area contributed by atoms with Crippen LogP contribution in [0.25, 0.3) is 0 Å². The Hall–Kier alpha value is -0.830. The minimum atomic E-state index is 0.0654. The highest BCUT2D eigenvalue weighted by Crippen LogP contribution is 2.22. The Labute approximate surface area is 127 Å². The Balaban J connectivity index is 2.01. The molecule has 3 heteroatoms. The van der Waals surface area contributed by atoms with E-state index in [1.807, 2.05) is 24.3 Å². The molecule has 0 aliphatic rings. The number of hydrogen-bond acceptors (Lipinski definition) is 1. The quantitative estimate of drug-likeness (QED) is 0.672. The van der Waals surface area contributed by atoms with Gasteiger partial charge in [-0.3, -0.25) is 0 Å². The SMILES string of the molecule is Cc1cccc(C(CBr)OCc2ccc(Cl)cc2)c1. The fraction of sp³-hybridized carbons (Fsp3) is 0.250. The van der Waals surface area contributed by atoms with Crippen LogP contribution in [0, 0.1) is 6.92 Å². The predicted molar refractivity (Wildman–Crippen MR) is 84.0 cm³/mol. The Morgan fingerprint density at radius 2 is 1.89 bits per heavy atom. The molecule has 0 saturated heterocycles. The van der Waals surface area contributed by atoms with E-state index in [0.717, 1.165) is 15.9 Å². The van der Waals surface area contributed by atoms with Crippen molar-refractivity contribution in [2.24, 2.45) is 0 Å². The lowest BCUT2D eigenvalue weighted by Crippen LogP contribution is -2.06. The van der Waals surface area contributed by atoms with Gasteiger partial charge in [-0.15, -0.1) is 0 Å². The van der Waals surface area contributed by atoms with E-state index in [9.17, 15) is 0 Å². The summed E-state index contributed by atoms with van der Waals surface area (Å²) in [5, 5.41) is 1.53. The van der Waals surface area contributed by atoms with Gasteiger partial charge in [-0.1, -0.05) is 69.5 Å². The average molecular weight is 340 g/mol. The van der Waals surface area contributed by atoms with Gasteiger partial charge in [0.15, 0.2) is 0 Å². The molecule has 2 aromatic rings. The van der Waals surface area contributed by atoms with Crippen molar-refractivity contribution in [3.63, 3.8) is 0 Å². The second-order valence-corrected chi connectivity index (χ2v) is 5.58. The Kier molecular flexibility index (Phi) is 5.44. The largest absolute Gasteiger partial charge is 0.368 e. The lowest BCUT2D eigenvalue weighted by molar-refractivity contribution is 0.0565. The van der Waals surface area contributed by atoms with Gasteiger partial charge in [0.25, 0.3) is 0 Å². The van der Waals surface area contributed by atoms with Gasteiger partial charge < -0.3 is 4.74 Å². The van der Waals surface area contributed by atoms with Crippen LogP contribution in [-0.2, 0) is 11.3 Å². The molecule has 100 valence electrons. The van der Waals surface area contributed by atoms with Crippen molar-refractivity contribution in [1.82, 2.24) is 0 Å². The smallest absolute Gasteiger partial charge is 0.0926 e. The molecule has 19 heavy (non-hydrogen) atoms. The topological polar surface area (TPSA) is 9.23 Å². The van der Waals surface area contributed by atoms with E-state index in [4.69, 9.17) is 16.3 Å². The van der Waals surface area contributed by atoms with E-state index < -0.39 is 0 Å². The maximum atomic E-state index is 5.97. The summed E-state index contributed by atoms with van der Waals surface area (Å²) < 4.78 is 5.97. The number of rotatable bonds is 5. The van der Waals surface area contributed by atoms with Crippen molar-refractivity contribution in [3.05, 3.63) is 70.2 Å². The van der Waals surface area contributed by atoms with Crippen molar-refractivity contribution in [2.45, 2.75) is 19.6 Å². The normalized spacial score (nSPS) is 12.4. The summed E-state index contributed by atoms with van der Waals surface area (Å²) in [4.78, 5) is 0. The number of hydrogen-bond donors (Lipinski definition) is 0. The average Bonchev–Trinajstić information content (AvgIpc) is 2.42. The predicted octanol–water partition coefficient (Wildman–Crippen LogP) is 5.30. The first-order valence-electron chi connectivity index (χ1n) is 6.17. The van der Waals surface area contributed by atoms with Crippen LogP contribution in [0.3, 0.4) is 0 Å². The van der Waals surface area contributed by atoms with Crippen LogP contribution in [0.5, 0.6) is 0 Å². The minimum absolute atomic E-state index is 0.0654. The maximum absolute atomic E-state index is 5.97. The molecule has 0 saturated carbocycles. The van der Waals surface area contributed by atoms with Crippen molar-refractivity contribution in [3.8, 4) is 0 Å². The van der Waals surface area contributed by atoms with Gasteiger partial charge in [0.05, 0.1) is 12.7 Å². The van der Waals surface area contributed by atoms with Crippen LogP contribution in [0.1, 0.15) is 22.8 Å². The molecule has 0 amide bonds. The lowest BCUT2D eigenvalue weighted by atomic mass is 10.1. The van der Waals surface area contributed by atoms with E-state index >= 15 is 0 Å². The van der Waals surface area contributed by atoms with E-state index in [1.165, 1.54) is 11.1 Å². The highest BCUT2D eigenvalue weighted by Gasteiger charge is 2.10. The summed E-state index contributed by atoms with van der Waals surface area (Å²) in [5.74, 6) is 0. The summed E-state index contributed by atoms with van der Waals surface area (Å²) in [6, 6.07) is 16.2. The highest BCUT2D eigenvalue weighted by atomic mass is 79.9. The van der Waals surface area contributed by atoms with Gasteiger partial charge in [0, 0.05) is 10.4 Å². The first-order valence-corrected chi connectivity index (χ1v) is 7.67. The maximum Gasteiger partial charge on any atom is 0.0926 e. The minimum Gasteiger partial charge on any atom is -0.368 e. The molecular formula is C16H16BrClO.